The van der Waals surface area contributed by atoms with Gasteiger partial charge in [-0.1, -0.05) is 6.92 Å². The molecule has 0 aliphatic carbocycles. The Labute approximate surface area is 134 Å². The van der Waals surface area contributed by atoms with Crippen molar-refractivity contribution in [2.24, 2.45) is 5.92 Å². The molecule has 0 aromatic heterocycles. The van der Waals surface area contributed by atoms with Crippen LogP contribution in [0, 0.1) is 5.92 Å². The molecule has 22 heavy (non-hydrogen) atoms. The van der Waals surface area contributed by atoms with Crippen LogP contribution in [-0.2, 0) is 9.53 Å². The lowest BCUT2D eigenvalue weighted by atomic mass is 9.99. The van der Waals surface area contributed by atoms with Crippen molar-refractivity contribution in [3.05, 3.63) is 0 Å². The Morgan fingerprint density at radius 1 is 1.18 bits per heavy atom. The molecule has 6 heteroatoms. The van der Waals surface area contributed by atoms with E-state index in [1.807, 2.05) is 0 Å². The molecule has 0 radical (unpaired) electrons. The highest BCUT2D eigenvalue weighted by atomic mass is 16.5. The second-order valence-corrected chi connectivity index (χ2v) is 6.35. The maximum atomic E-state index is 11.6. The second-order valence-electron chi connectivity index (χ2n) is 6.35. The summed E-state index contributed by atoms with van der Waals surface area (Å²) in [6.07, 6.45) is 3.61. The minimum atomic E-state index is -0.283. The minimum Gasteiger partial charge on any atom is -0.463 e. The fourth-order valence-electron chi connectivity index (χ4n) is 2.45. The number of likely N-dealkylation sites (tertiary alicyclic amines) is 1. The van der Waals surface area contributed by atoms with Crippen LogP contribution in [0.25, 0.3) is 0 Å². The molecule has 128 valence electrons. The lowest BCUT2D eigenvalue weighted by Crippen LogP contribution is -2.39. The molecule has 1 aliphatic heterocycles. The largest absolute Gasteiger partial charge is 0.463 e. The molecule has 0 atom stereocenters. The molecule has 0 unspecified atom stereocenters. The summed E-state index contributed by atoms with van der Waals surface area (Å²) in [5.74, 6) is 0.567. The zero-order chi connectivity index (χ0) is 16.4. The summed E-state index contributed by atoms with van der Waals surface area (Å²) in [4.78, 5) is 25.3. The molecule has 0 aromatic carbocycles. The third-order valence-electron chi connectivity index (χ3n) is 3.79. The number of carbonyl (C=O) groups excluding carboxylic acids is 2. The summed E-state index contributed by atoms with van der Waals surface area (Å²) < 4.78 is 4.99. The molecule has 1 rings (SSSR count). The first-order chi connectivity index (χ1) is 10.5. The standard InChI is InChI=1S/C16H31N3O3/c1-13(2)22-15(20)5-9-18-16(21)17-8-4-10-19-11-6-14(3)7-12-19/h13-14H,4-12H2,1-3H3,(H2,17,18,21). The molecule has 2 amide bonds. The van der Waals surface area contributed by atoms with Crippen LogP contribution in [0.3, 0.4) is 0 Å². The van der Waals surface area contributed by atoms with Crippen molar-refractivity contribution in [1.29, 1.82) is 0 Å². The molecule has 0 spiro atoms. The highest BCUT2D eigenvalue weighted by Gasteiger charge is 2.14. The zero-order valence-corrected chi connectivity index (χ0v) is 14.2. The van der Waals surface area contributed by atoms with Crippen molar-refractivity contribution in [2.75, 3.05) is 32.7 Å². The molecule has 1 saturated heterocycles. The van der Waals surface area contributed by atoms with E-state index in [2.05, 4.69) is 22.5 Å². The lowest BCUT2D eigenvalue weighted by molar-refractivity contribution is -0.147. The maximum absolute atomic E-state index is 11.6. The van der Waals surface area contributed by atoms with E-state index in [1.54, 1.807) is 13.8 Å². The Kier molecular flexibility index (Phi) is 8.89. The van der Waals surface area contributed by atoms with Crippen LogP contribution >= 0.6 is 0 Å². The van der Waals surface area contributed by atoms with Gasteiger partial charge in [0.2, 0.25) is 0 Å². The van der Waals surface area contributed by atoms with E-state index in [-0.39, 0.29) is 24.5 Å². The minimum absolute atomic E-state index is 0.112. The average Bonchev–Trinajstić information content (AvgIpc) is 2.44. The number of hydrogen-bond donors (Lipinski definition) is 2. The highest BCUT2D eigenvalue weighted by Crippen LogP contribution is 2.15. The topological polar surface area (TPSA) is 70.7 Å². The molecule has 0 bridgehead atoms. The van der Waals surface area contributed by atoms with E-state index in [0.717, 1.165) is 18.9 Å². The number of ether oxygens (including phenoxy) is 1. The summed E-state index contributed by atoms with van der Waals surface area (Å²) in [5, 5.41) is 5.48. The normalized spacial score (nSPS) is 16.5. The number of carbonyl (C=O) groups is 2. The smallest absolute Gasteiger partial charge is 0.314 e. The fraction of sp³-hybridized carbons (Fsp3) is 0.875. The summed E-state index contributed by atoms with van der Waals surface area (Å²) in [6.45, 7) is 10.3. The summed E-state index contributed by atoms with van der Waals surface area (Å²) in [5.41, 5.74) is 0. The quantitative estimate of drug-likeness (QED) is 0.529. The number of esters is 1. The number of urea groups is 1. The van der Waals surface area contributed by atoms with Crippen molar-refractivity contribution in [1.82, 2.24) is 15.5 Å². The second kappa shape index (κ2) is 10.4. The Bertz CT molecular complexity index is 340. The third kappa shape index (κ3) is 8.87. The van der Waals surface area contributed by atoms with Gasteiger partial charge < -0.3 is 20.3 Å². The van der Waals surface area contributed by atoms with Crippen molar-refractivity contribution < 1.29 is 14.3 Å². The van der Waals surface area contributed by atoms with Gasteiger partial charge in [0, 0.05) is 13.1 Å². The van der Waals surface area contributed by atoms with E-state index in [4.69, 9.17) is 4.74 Å². The van der Waals surface area contributed by atoms with Gasteiger partial charge in [0.1, 0.15) is 0 Å². The van der Waals surface area contributed by atoms with E-state index >= 15 is 0 Å². The van der Waals surface area contributed by atoms with Crippen molar-refractivity contribution in [3.63, 3.8) is 0 Å². The van der Waals surface area contributed by atoms with E-state index in [9.17, 15) is 9.59 Å². The first-order valence-electron chi connectivity index (χ1n) is 8.41. The molecule has 2 N–H and O–H groups in total. The first kappa shape index (κ1) is 18.7. The van der Waals surface area contributed by atoms with Crippen LogP contribution < -0.4 is 10.6 Å². The van der Waals surface area contributed by atoms with Gasteiger partial charge in [0.05, 0.1) is 12.5 Å². The monoisotopic (exact) mass is 313 g/mol. The summed E-state index contributed by atoms with van der Waals surface area (Å²) in [6, 6.07) is -0.218. The van der Waals surface area contributed by atoms with Gasteiger partial charge >= 0.3 is 12.0 Å². The number of rotatable bonds is 8. The van der Waals surface area contributed by atoms with Gasteiger partial charge in [-0.3, -0.25) is 4.79 Å². The Balaban J connectivity index is 1.96. The van der Waals surface area contributed by atoms with Gasteiger partial charge in [0.25, 0.3) is 0 Å². The predicted molar refractivity (Wildman–Crippen MR) is 86.7 cm³/mol. The molecule has 1 heterocycles. The van der Waals surface area contributed by atoms with Crippen LogP contribution in [0.1, 0.15) is 46.5 Å². The zero-order valence-electron chi connectivity index (χ0n) is 14.2. The molecule has 0 aromatic rings. The van der Waals surface area contributed by atoms with Crippen LogP contribution in [0.2, 0.25) is 0 Å². The highest BCUT2D eigenvalue weighted by molar-refractivity contribution is 5.75. The Morgan fingerprint density at radius 2 is 1.82 bits per heavy atom. The van der Waals surface area contributed by atoms with Crippen molar-refractivity contribution in [2.45, 2.75) is 52.6 Å². The van der Waals surface area contributed by atoms with Crippen LogP contribution in [0.5, 0.6) is 0 Å². The van der Waals surface area contributed by atoms with E-state index < -0.39 is 0 Å². The third-order valence-corrected chi connectivity index (χ3v) is 3.79. The molecular weight excluding hydrogens is 282 g/mol. The van der Waals surface area contributed by atoms with E-state index in [0.29, 0.717) is 13.1 Å². The number of piperidine rings is 1. The first-order valence-corrected chi connectivity index (χ1v) is 8.41. The van der Waals surface area contributed by atoms with Gasteiger partial charge in [-0.25, -0.2) is 4.79 Å². The Morgan fingerprint density at radius 3 is 2.45 bits per heavy atom. The number of amides is 2. The predicted octanol–water partition coefficient (Wildman–Crippen LogP) is 1.75. The number of hydrogen-bond acceptors (Lipinski definition) is 4. The maximum Gasteiger partial charge on any atom is 0.314 e. The van der Waals surface area contributed by atoms with Gasteiger partial charge in [-0.05, 0) is 58.7 Å². The van der Waals surface area contributed by atoms with Crippen molar-refractivity contribution in [3.8, 4) is 0 Å². The molecule has 0 saturated carbocycles. The summed E-state index contributed by atoms with van der Waals surface area (Å²) >= 11 is 0. The van der Waals surface area contributed by atoms with Gasteiger partial charge in [-0.2, -0.15) is 0 Å². The Hall–Kier alpha value is -1.30. The van der Waals surface area contributed by atoms with Crippen LogP contribution in [0.15, 0.2) is 0 Å². The van der Waals surface area contributed by atoms with Gasteiger partial charge in [-0.15, -0.1) is 0 Å². The molecule has 6 nitrogen and oxygen atoms in total. The lowest BCUT2D eigenvalue weighted by Gasteiger charge is -2.30. The summed E-state index contributed by atoms with van der Waals surface area (Å²) in [7, 11) is 0. The number of nitrogens with one attached hydrogen (secondary N) is 2. The molecule has 1 fully saturated rings. The van der Waals surface area contributed by atoms with Crippen LogP contribution in [-0.4, -0.2) is 55.7 Å². The molecular formula is C16H31N3O3. The van der Waals surface area contributed by atoms with Gasteiger partial charge in [0.15, 0.2) is 0 Å². The van der Waals surface area contributed by atoms with Crippen LogP contribution in [0.4, 0.5) is 4.79 Å². The fourth-order valence-corrected chi connectivity index (χ4v) is 2.45. The van der Waals surface area contributed by atoms with E-state index in [1.165, 1.54) is 25.9 Å². The average molecular weight is 313 g/mol. The number of nitrogens with zero attached hydrogens (tertiary/aromatic N) is 1. The molecule has 1 aliphatic rings. The van der Waals surface area contributed by atoms with Crippen molar-refractivity contribution >= 4 is 12.0 Å². The SMILES string of the molecule is CC1CCN(CCCNC(=O)NCCC(=O)OC(C)C)CC1.